The van der Waals surface area contributed by atoms with Gasteiger partial charge in [-0.3, -0.25) is 0 Å². The van der Waals surface area contributed by atoms with Gasteiger partial charge in [0.15, 0.2) is 17.5 Å². The minimum Gasteiger partial charge on any atom is -0.456 e. The molecule has 0 bridgehead atoms. The summed E-state index contributed by atoms with van der Waals surface area (Å²) in [6.45, 7) is 0. The van der Waals surface area contributed by atoms with Crippen molar-refractivity contribution in [1.82, 2.24) is 15.0 Å². The molecule has 0 unspecified atom stereocenters. The van der Waals surface area contributed by atoms with Crippen molar-refractivity contribution in [3.63, 3.8) is 0 Å². The third-order valence-electron chi connectivity index (χ3n) is 11.4. The Labute approximate surface area is 354 Å². The highest BCUT2D eigenvalue weighted by Crippen LogP contribution is 2.39. The van der Waals surface area contributed by atoms with E-state index in [9.17, 15) is 0 Å². The quantitative estimate of drug-likeness (QED) is 0.154. The highest BCUT2D eigenvalue weighted by Gasteiger charge is 2.17. The van der Waals surface area contributed by atoms with Crippen LogP contribution in [-0.4, -0.2) is 15.0 Å². The first-order valence-electron chi connectivity index (χ1n) is 20.5. The third kappa shape index (κ3) is 7.07. The van der Waals surface area contributed by atoms with Crippen LogP contribution in [0.2, 0.25) is 0 Å². The molecular formula is C57H37N3O. The number of furan rings is 1. The van der Waals surface area contributed by atoms with Gasteiger partial charge in [-0.1, -0.05) is 200 Å². The van der Waals surface area contributed by atoms with Crippen molar-refractivity contribution in [2.24, 2.45) is 0 Å². The van der Waals surface area contributed by atoms with Gasteiger partial charge in [-0.15, -0.1) is 0 Å². The van der Waals surface area contributed by atoms with Gasteiger partial charge >= 0.3 is 0 Å². The van der Waals surface area contributed by atoms with Crippen LogP contribution in [0.15, 0.2) is 229 Å². The average molecular weight is 780 g/mol. The van der Waals surface area contributed by atoms with E-state index in [0.717, 1.165) is 60.9 Å². The fourth-order valence-electron chi connectivity index (χ4n) is 8.20. The molecule has 0 N–H and O–H groups in total. The summed E-state index contributed by atoms with van der Waals surface area (Å²) in [6, 6.07) is 78.3. The van der Waals surface area contributed by atoms with Crippen LogP contribution in [0.1, 0.15) is 0 Å². The molecule has 286 valence electrons. The van der Waals surface area contributed by atoms with E-state index in [1.807, 2.05) is 42.5 Å². The maximum absolute atomic E-state index is 6.57. The summed E-state index contributed by atoms with van der Waals surface area (Å²) >= 11 is 0. The van der Waals surface area contributed by atoms with Crippen LogP contribution in [-0.2, 0) is 0 Å². The van der Waals surface area contributed by atoms with Crippen molar-refractivity contribution in [3.05, 3.63) is 224 Å². The van der Waals surface area contributed by atoms with Crippen LogP contribution >= 0.6 is 0 Å². The van der Waals surface area contributed by atoms with Gasteiger partial charge in [-0.05, 0) is 79.9 Å². The topological polar surface area (TPSA) is 51.8 Å². The number of fused-ring (bicyclic) bond motifs is 3. The number of benzene rings is 9. The Morgan fingerprint density at radius 2 is 0.623 bits per heavy atom. The molecule has 0 aliphatic carbocycles. The van der Waals surface area contributed by atoms with Gasteiger partial charge < -0.3 is 4.42 Å². The Kier molecular flexibility index (Phi) is 9.14. The maximum atomic E-state index is 6.57. The summed E-state index contributed by atoms with van der Waals surface area (Å²) in [7, 11) is 0. The lowest BCUT2D eigenvalue weighted by Crippen LogP contribution is -2.00. The first-order valence-corrected chi connectivity index (χ1v) is 20.5. The van der Waals surface area contributed by atoms with E-state index in [-0.39, 0.29) is 0 Å². The molecule has 2 aromatic heterocycles. The highest BCUT2D eigenvalue weighted by molar-refractivity contribution is 6.13. The molecule has 0 atom stereocenters. The van der Waals surface area contributed by atoms with Gasteiger partial charge in [0.25, 0.3) is 0 Å². The van der Waals surface area contributed by atoms with E-state index in [1.165, 1.54) is 33.4 Å². The van der Waals surface area contributed by atoms with Crippen LogP contribution < -0.4 is 0 Å². The smallest absolute Gasteiger partial charge is 0.164 e. The summed E-state index contributed by atoms with van der Waals surface area (Å²) in [5, 5.41) is 2.12. The summed E-state index contributed by atoms with van der Waals surface area (Å²) in [4.78, 5) is 15.1. The van der Waals surface area contributed by atoms with Crippen molar-refractivity contribution in [2.45, 2.75) is 0 Å². The van der Waals surface area contributed by atoms with Gasteiger partial charge in [0.2, 0.25) is 0 Å². The summed E-state index contributed by atoms with van der Waals surface area (Å²) in [6.07, 6.45) is 0. The van der Waals surface area contributed by atoms with Crippen LogP contribution in [0, 0.1) is 0 Å². The summed E-state index contributed by atoms with van der Waals surface area (Å²) < 4.78 is 6.57. The molecular weight excluding hydrogens is 743 g/mol. The minimum absolute atomic E-state index is 0.582. The molecule has 0 aliphatic rings. The van der Waals surface area contributed by atoms with E-state index in [0.29, 0.717) is 17.5 Å². The molecule has 0 saturated carbocycles. The summed E-state index contributed by atoms with van der Waals surface area (Å²) in [5.41, 5.74) is 16.0. The Bertz CT molecular complexity index is 3300. The predicted octanol–water partition coefficient (Wildman–Crippen LogP) is 15.1. The maximum Gasteiger partial charge on any atom is 0.164 e. The van der Waals surface area contributed by atoms with Gasteiger partial charge in [0.05, 0.1) is 0 Å². The molecule has 61 heavy (non-hydrogen) atoms. The lowest BCUT2D eigenvalue weighted by molar-refractivity contribution is 0.669. The van der Waals surface area contributed by atoms with E-state index in [1.54, 1.807) is 0 Å². The second-order valence-electron chi connectivity index (χ2n) is 15.2. The second kappa shape index (κ2) is 15.5. The number of hydrogen-bond donors (Lipinski definition) is 0. The average Bonchev–Trinajstić information content (AvgIpc) is 3.73. The van der Waals surface area contributed by atoms with Crippen molar-refractivity contribution >= 4 is 21.9 Å². The zero-order valence-electron chi connectivity index (χ0n) is 33.1. The van der Waals surface area contributed by atoms with E-state index >= 15 is 0 Å². The van der Waals surface area contributed by atoms with Gasteiger partial charge in [-0.25, -0.2) is 15.0 Å². The standard InChI is InChI=1S/C57H37N3O/c1-4-12-38(13-5-1)40-22-24-41(25-23-40)42-28-32-46(33-29-42)56-58-55(45-16-8-3-9-17-45)59-57(60-56)49-34-35-51-53(37-49)61-52-21-11-20-50(54(51)52)44-30-26-43(27-31-44)48-19-10-18-47(36-48)39-14-6-2-7-15-39/h1-37H. The van der Waals surface area contributed by atoms with Crippen LogP contribution in [0.5, 0.6) is 0 Å². The Morgan fingerprint density at radius 3 is 1.18 bits per heavy atom. The molecule has 4 nitrogen and oxygen atoms in total. The molecule has 11 aromatic rings. The molecule has 0 amide bonds. The first kappa shape index (κ1) is 35.9. The first-order chi connectivity index (χ1) is 30.2. The summed E-state index contributed by atoms with van der Waals surface area (Å²) in [5.74, 6) is 1.80. The molecule has 0 saturated heterocycles. The zero-order valence-corrected chi connectivity index (χ0v) is 33.1. The fourth-order valence-corrected chi connectivity index (χ4v) is 8.20. The lowest BCUT2D eigenvalue weighted by Gasteiger charge is -2.10. The number of aromatic nitrogens is 3. The number of nitrogens with zero attached hydrogens (tertiary/aromatic N) is 3. The van der Waals surface area contributed by atoms with Crippen LogP contribution in [0.4, 0.5) is 0 Å². The Hall–Kier alpha value is -8.21. The normalized spacial score (nSPS) is 11.3. The molecule has 11 rings (SSSR count). The van der Waals surface area contributed by atoms with Crippen LogP contribution in [0.25, 0.3) is 112 Å². The predicted molar refractivity (Wildman–Crippen MR) is 251 cm³/mol. The minimum atomic E-state index is 0.582. The van der Waals surface area contributed by atoms with Crippen molar-refractivity contribution in [2.75, 3.05) is 0 Å². The highest BCUT2D eigenvalue weighted by atomic mass is 16.3. The molecule has 0 radical (unpaired) electrons. The molecule has 4 heteroatoms. The zero-order chi connectivity index (χ0) is 40.5. The van der Waals surface area contributed by atoms with E-state index in [4.69, 9.17) is 19.4 Å². The second-order valence-corrected chi connectivity index (χ2v) is 15.2. The number of hydrogen-bond acceptors (Lipinski definition) is 4. The number of rotatable bonds is 8. The SMILES string of the molecule is c1ccc(-c2ccc(-c3ccc(-c4nc(-c5ccccc5)nc(-c5ccc6c(c5)oc5cccc(-c7ccc(-c8cccc(-c9ccccc9)c8)cc7)c56)n4)cc3)cc2)cc1. The van der Waals surface area contributed by atoms with Gasteiger partial charge in [0, 0.05) is 27.5 Å². The van der Waals surface area contributed by atoms with Crippen molar-refractivity contribution in [1.29, 1.82) is 0 Å². The lowest BCUT2D eigenvalue weighted by atomic mass is 9.95. The Morgan fingerprint density at radius 1 is 0.246 bits per heavy atom. The third-order valence-corrected chi connectivity index (χ3v) is 11.4. The monoisotopic (exact) mass is 779 g/mol. The molecule has 2 heterocycles. The fraction of sp³-hybridized carbons (Fsp3) is 0. The van der Waals surface area contributed by atoms with Crippen molar-refractivity contribution in [3.8, 4) is 89.8 Å². The molecule has 0 fully saturated rings. The van der Waals surface area contributed by atoms with E-state index in [2.05, 4.69) is 182 Å². The molecule has 0 aliphatic heterocycles. The molecule has 9 aromatic carbocycles. The largest absolute Gasteiger partial charge is 0.456 e. The van der Waals surface area contributed by atoms with Crippen molar-refractivity contribution < 1.29 is 4.42 Å². The van der Waals surface area contributed by atoms with Gasteiger partial charge in [-0.2, -0.15) is 0 Å². The molecule has 0 spiro atoms. The van der Waals surface area contributed by atoms with Gasteiger partial charge in [0.1, 0.15) is 11.2 Å². The van der Waals surface area contributed by atoms with E-state index < -0.39 is 0 Å². The Balaban J connectivity index is 0.923. The van der Waals surface area contributed by atoms with Crippen LogP contribution in [0.3, 0.4) is 0 Å².